The van der Waals surface area contributed by atoms with Crippen molar-refractivity contribution < 1.29 is 14.7 Å². The van der Waals surface area contributed by atoms with Crippen molar-refractivity contribution in [1.29, 1.82) is 0 Å². The van der Waals surface area contributed by atoms with E-state index in [1.807, 2.05) is 24.3 Å². The number of aromatic nitrogens is 2. The Balaban J connectivity index is 1.67. The molecule has 3 rings (SSSR count). The van der Waals surface area contributed by atoms with Gasteiger partial charge in [0.2, 0.25) is 5.91 Å². The summed E-state index contributed by atoms with van der Waals surface area (Å²) in [6.07, 6.45) is 2.54. The minimum atomic E-state index is -1.06. The van der Waals surface area contributed by atoms with E-state index in [9.17, 15) is 9.59 Å². The highest BCUT2D eigenvalue weighted by atomic mass is 16.4. The number of carbonyl (C=O) groups is 2. The Labute approximate surface area is 134 Å². The summed E-state index contributed by atoms with van der Waals surface area (Å²) in [5.74, 6) is -0.859. The van der Waals surface area contributed by atoms with Crippen molar-refractivity contribution in [2.75, 3.05) is 0 Å². The second kappa shape index (κ2) is 5.53. The fourth-order valence-electron chi connectivity index (χ4n) is 2.62. The van der Waals surface area contributed by atoms with E-state index in [2.05, 4.69) is 24.3 Å². The average molecular weight is 313 g/mol. The van der Waals surface area contributed by atoms with Crippen LogP contribution < -0.4 is 5.32 Å². The number of carbonyl (C=O) groups excluding carboxylic acids is 1. The van der Waals surface area contributed by atoms with Crippen molar-refractivity contribution in [3.05, 3.63) is 47.8 Å². The van der Waals surface area contributed by atoms with Gasteiger partial charge in [0.15, 0.2) is 5.69 Å². The maximum atomic E-state index is 12.0. The number of hydrogen-bond acceptors (Lipinski definition) is 3. The van der Waals surface area contributed by atoms with Crippen molar-refractivity contribution in [2.24, 2.45) is 11.3 Å². The van der Waals surface area contributed by atoms with E-state index in [0.29, 0.717) is 6.54 Å². The Morgan fingerprint density at radius 2 is 2.13 bits per heavy atom. The van der Waals surface area contributed by atoms with E-state index < -0.39 is 5.97 Å². The van der Waals surface area contributed by atoms with E-state index in [1.165, 1.54) is 10.7 Å². The quantitative estimate of drug-likeness (QED) is 0.886. The molecular formula is C17H19N3O3. The van der Waals surface area contributed by atoms with Crippen LogP contribution in [-0.2, 0) is 11.3 Å². The number of carboxylic acids is 1. The van der Waals surface area contributed by atoms with Crippen LogP contribution in [0.3, 0.4) is 0 Å². The maximum Gasteiger partial charge on any atom is 0.356 e. The summed E-state index contributed by atoms with van der Waals surface area (Å²) in [5.41, 5.74) is 1.83. The zero-order valence-corrected chi connectivity index (χ0v) is 13.1. The van der Waals surface area contributed by atoms with Crippen LogP contribution in [-0.4, -0.2) is 26.8 Å². The Morgan fingerprint density at radius 1 is 1.39 bits per heavy atom. The van der Waals surface area contributed by atoms with Crippen LogP contribution >= 0.6 is 0 Å². The molecule has 120 valence electrons. The van der Waals surface area contributed by atoms with Gasteiger partial charge in [-0.3, -0.25) is 4.79 Å². The van der Waals surface area contributed by atoms with Gasteiger partial charge in [0, 0.05) is 18.7 Å². The predicted molar refractivity (Wildman–Crippen MR) is 84.3 cm³/mol. The molecule has 1 aliphatic rings. The number of nitrogens with zero attached hydrogens (tertiary/aromatic N) is 2. The van der Waals surface area contributed by atoms with Crippen LogP contribution in [0, 0.1) is 11.3 Å². The summed E-state index contributed by atoms with van der Waals surface area (Å²) in [7, 11) is 0. The van der Waals surface area contributed by atoms with Crippen molar-refractivity contribution in [3.8, 4) is 5.69 Å². The van der Waals surface area contributed by atoms with E-state index >= 15 is 0 Å². The fraction of sp³-hybridized carbons (Fsp3) is 0.353. The van der Waals surface area contributed by atoms with Gasteiger partial charge in [0.05, 0.1) is 5.69 Å². The van der Waals surface area contributed by atoms with Crippen molar-refractivity contribution in [2.45, 2.75) is 26.8 Å². The smallest absolute Gasteiger partial charge is 0.356 e. The molecule has 6 nitrogen and oxygen atoms in total. The van der Waals surface area contributed by atoms with E-state index in [-0.39, 0.29) is 22.9 Å². The minimum Gasteiger partial charge on any atom is -0.476 e. The normalized spacial score (nSPS) is 18.4. The van der Waals surface area contributed by atoms with Crippen molar-refractivity contribution in [1.82, 2.24) is 15.1 Å². The monoisotopic (exact) mass is 313 g/mol. The third-order valence-electron chi connectivity index (χ3n) is 4.28. The van der Waals surface area contributed by atoms with E-state index in [4.69, 9.17) is 5.11 Å². The Kier molecular flexibility index (Phi) is 3.67. The van der Waals surface area contributed by atoms with Crippen LogP contribution in [0.25, 0.3) is 5.69 Å². The number of amides is 1. The summed E-state index contributed by atoms with van der Waals surface area (Å²) in [6, 6.07) is 8.96. The molecule has 2 aromatic rings. The lowest BCUT2D eigenvalue weighted by atomic mass is 10.1. The molecule has 1 saturated carbocycles. The third kappa shape index (κ3) is 3.26. The van der Waals surface area contributed by atoms with Gasteiger partial charge in [-0.1, -0.05) is 26.0 Å². The highest BCUT2D eigenvalue weighted by molar-refractivity contribution is 5.85. The van der Waals surface area contributed by atoms with Gasteiger partial charge < -0.3 is 10.4 Å². The first-order valence-electron chi connectivity index (χ1n) is 7.53. The highest BCUT2D eigenvalue weighted by Crippen LogP contribution is 2.51. The molecule has 0 saturated heterocycles. The zero-order chi connectivity index (χ0) is 16.6. The lowest BCUT2D eigenvalue weighted by molar-refractivity contribution is -0.123. The van der Waals surface area contributed by atoms with Gasteiger partial charge in [0.1, 0.15) is 0 Å². The van der Waals surface area contributed by atoms with E-state index in [1.54, 1.807) is 6.20 Å². The van der Waals surface area contributed by atoms with Crippen LogP contribution in [0.5, 0.6) is 0 Å². The topological polar surface area (TPSA) is 84.2 Å². The van der Waals surface area contributed by atoms with Gasteiger partial charge in [-0.2, -0.15) is 5.10 Å². The summed E-state index contributed by atoms with van der Waals surface area (Å²) >= 11 is 0. The second-order valence-electron chi connectivity index (χ2n) is 6.58. The molecule has 1 aromatic carbocycles. The lowest BCUT2D eigenvalue weighted by Crippen LogP contribution is -2.26. The average Bonchev–Trinajstić information content (AvgIpc) is 2.95. The second-order valence-corrected chi connectivity index (χ2v) is 6.58. The molecule has 6 heteroatoms. The maximum absolute atomic E-state index is 12.0. The zero-order valence-electron chi connectivity index (χ0n) is 13.1. The van der Waals surface area contributed by atoms with Crippen molar-refractivity contribution in [3.63, 3.8) is 0 Å². The van der Waals surface area contributed by atoms with Crippen LogP contribution in [0.1, 0.15) is 36.3 Å². The van der Waals surface area contributed by atoms with Gasteiger partial charge in [-0.05, 0) is 35.6 Å². The van der Waals surface area contributed by atoms with Gasteiger partial charge in [-0.15, -0.1) is 0 Å². The first kappa shape index (κ1) is 15.3. The van der Waals surface area contributed by atoms with Gasteiger partial charge in [-0.25, -0.2) is 9.48 Å². The minimum absolute atomic E-state index is 0.000305. The molecular weight excluding hydrogens is 294 g/mol. The molecule has 1 fully saturated rings. The number of aromatic carboxylic acids is 1. The standard InChI is InChI=1S/C17H19N3O3/c1-17(2)9-13(17)15(21)18-10-11-4-3-5-12(8-11)20-7-6-14(19-20)16(22)23/h3-8,13H,9-10H2,1-2H3,(H,18,21)(H,22,23). The molecule has 23 heavy (non-hydrogen) atoms. The molecule has 0 bridgehead atoms. The molecule has 1 amide bonds. The predicted octanol–water partition coefficient (Wildman–Crippen LogP) is 2.23. The number of carboxylic acid groups (broad SMARTS) is 1. The summed E-state index contributed by atoms with van der Waals surface area (Å²) in [5, 5.41) is 15.9. The molecule has 1 aromatic heterocycles. The van der Waals surface area contributed by atoms with Crippen LogP contribution in [0.2, 0.25) is 0 Å². The van der Waals surface area contributed by atoms with Gasteiger partial charge in [0.25, 0.3) is 0 Å². The van der Waals surface area contributed by atoms with Gasteiger partial charge >= 0.3 is 5.97 Å². The SMILES string of the molecule is CC1(C)CC1C(=O)NCc1cccc(-n2ccc(C(=O)O)n2)c1. The van der Waals surface area contributed by atoms with Crippen molar-refractivity contribution >= 4 is 11.9 Å². The first-order valence-corrected chi connectivity index (χ1v) is 7.53. The molecule has 1 atom stereocenters. The molecule has 0 radical (unpaired) electrons. The Morgan fingerprint density at radius 3 is 2.74 bits per heavy atom. The Bertz CT molecular complexity index is 764. The van der Waals surface area contributed by atoms with E-state index in [0.717, 1.165) is 17.7 Å². The molecule has 1 unspecified atom stereocenters. The highest BCUT2D eigenvalue weighted by Gasteiger charge is 2.50. The summed E-state index contributed by atoms with van der Waals surface area (Å²) in [4.78, 5) is 22.9. The largest absolute Gasteiger partial charge is 0.476 e. The molecule has 1 aliphatic carbocycles. The van der Waals surface area contributed by atoms with Crippen LogP contribution in [0.15, 0.2) is 36.5 Å². The Hall–Kier alpha value is -2.63. The molecule has 0 aliphatic heterocycles. The number of hydrogen-bond donors (Lipinski definition) is 2. The summed E-state index contributed by atoms with van der Waals surface area (Å²) in [6.45, 7) is 4.64. The van der Waals surface area contributed by atoms with Crippen LogP contribution in [0.4, 0.5) is 0 Å². The number of benzene rings is 1. The lowest BCUT2D eigenvalue weighted by Gasteiger charge is -2.08. The number of rotatable bonds is 5. The number of nitrogens with one attached hydrogen (secondary N) is 1. The fourth-order valence-corrected chi connectivity index (χ4v) is 2.62. The summed E-state index contributed by atoms with van der Waals surface area (Å²) < 4.78 is 1.51. The third-order valence-corrected chi connectivity index (χ3v) is 4.28. The first-order chi connectivity index (χ1) is 10.9. The molecule has 0 spiro atoms. The molecule has 2 N–H and O–H groups in total. The molecule has 1 heterocycles.